The van der Waals surface area contributed by atoms with E-state index in [9.17, 15) is 0 Å². The van der Waals surface area contributed by atoms with Gasteiger partial charge in [0.15, 0.2) is 0 Å². The van der Waals surface area contributed by atoms with E-state index in [1.165, 1.54) is 0 Å². The largest absolute Gasteiger partial charge is 0.401 e. The minimum atomic E-state index is 0.917. The second-order valence-corrected chi connectivity index (χ2v) is 4.87. The van der Waals surface area contributed by atoms with Crippen molar-refractivity contribution in [1.29, 1.82) is 0 Å². The second kappa shape index (κ2) is 5.70. The number of nitrogens with zero attached hydrogens (tertiary/aromatic N) is 1. The number of aliphatic imine (C=N–C) groups is 1. The second-order valence-electron chi connectivity index (χ2n) is 4.87. The van der Waals surface area contributed by atoms with Crippen molar-refractivity contribution < 1.29 is 0 Å². The topological polar surface area (TPSA) is 38.4 Å². The molecular weight excluding hydrogens is 232 g/mol. The zero-order chi connectivity index (χ0) is 13.8. The quantitative estimate of drug-likeness (QED) is 0.797. The van der Waals surface area contributed by atoms with Crippen molar-refractivity contribution >= 4 is 17.0 Å². The van der Waals surface area contributed by atoms with Crippen LogP contribution in [0.2, 0.25) is 0 Å². The van der Waals surface area contributed by atoms with Gasteiger partial charge in [-0.3, -0.25) is 4.99 Å². The van der Waals surface area contributed by atoms with Crippen LogP contribution in [0.1, 0.15) is 32.3 Å². The van der Waals surface area contributed by atoms with Gasteiger partial charge in [-0.05, 0) is 38.3 Å². The summed E-state index contributed by atoms with van der Waals surface area (Å²) in [7, 11) is 0. The van der Waals surface area contributed by atoms with Crippen molar-refractivity contribution in [3.05, 3.63) is 59.8 Å². The zero-order valence-corrected chi connectivity index (χ0v) is 11.6. The number of allylic oxidation sites excluding steroid dienone is 5. The summed E-state index contributed by atoms with van der Waals surface area (Å²) in [5.74, 6) is 0. The van der Waals surface area contributed by atoms with E-state index in [0.29, 0.717) is 0 Å². The average molecular weight is 252 g/mol. The van der Waals surface area contributed by atoms with E-state index in [-0.39, 0.29) is 0 Å². The highest BCUT2D eigenvalue weighted by Gasteiger charge is 2.09. The Hall–Kier alpha value is -2.09. The number of hydrogen-bond donors (Lipinski definition) is 1. The van der Waals surface area contributed by atoms with Gasteiger partial charge in [0.05, 0.1) is 5.69 Å². The molecule has 0 aromatic heterocycles. The minimum absolute atomic E-state index is 0.917. The number of hydrogen-bond acceptors (Lipinski definition) is 2. The van der Waals surface area contributed by atoms with Gasteiger partial charge in [0.2, 0.25) is 0 Å². The van der Waals surface area contributed by atoms with Crippen molar-refractivity contribution in [2.75, 3.05) is 0 Å². The lowest BCUT2D eigenvalue weighted by molar-refractivity contribution is 0.934. The summed E-state index contributed by atoms with van der Waals surface area (Å²) in [4.78, 5) is 4.72. The van der Waals surface area contributed by atoms with Crippen LogP contribution in [-0.2, 0) is 0 Å². The Morgan fingerprint density at radius 1 is 1.26 bits per heavy atom. The molecule has 0 amide bonds. The van der Waals surface area contributed by atoms with Crippen LogP contribution in [0.25, 0.3) is 5.57 Å². The van der Waals surface area contributed by atoms with Gasteiger partial charge in [0.25, 0.3) is 0 Å². The molecule has 1 aliphatic carbocycles. The molecule has 2 nitrogen and oxygen atoms in total. The molecule has 0 bridgehead atoms. The van der Waals surface area contributed by atoms with Crippen molar-refractivity contribution in [2.24, 2.45) is 10.7 Å². The van der Waals surface area contributed by atoms with E-state index in [4.69, 9.17) is 10.7 Å². The molecule has 0 fully saturated rings. The van der Waals surface area contributed by atoms with Gasteiger partial charge in [0.1, 0.15) is 0 Å². The fourth-order valence-electron chi connectivity index (χ4n) is 2.21. The Morgan fingerprint density at radius 3 is 2.68 bits per heavy atom. The highest BCUT2D eigenvalue weighted by molar-refractivity contribution is 6.03. The number of nitrogens with two attached hydrogens (primary N) is 1. The Balaban J connectivity index is 2.42. The molecule has 0 aliphatic heterocycles. The van der Waals surface area contributed by atoms with E-state index in [1.807, 2.05) is 38.1 Å². The van der Waals surface area contributed by atoms with Crippen LogP contribution in [0.5, 0.6) is 0 Å². The molecule has 0 unspecified atom stereocenters. The SMILES string of the molecule is C=C(C)c1ccccc1/N=C(\C)C1=C(N)CCC=C1. The van der Waals surface area contributed by atoms with Crippen LogP contribution in [0.3, 0.4) is 0 Å². The monoisotopic (exact) mass is 252 g/mol. The Kier molecular flexibility index (Phi) is 4.00. The third-order valence-corrected chi connectivity index (χ3v) is 3.25. The molecule has 1 aliphatic rings. The third-order valence-electron chi connectivity index (χ3n) is 3.25. The van der Waals surface area contributed by atoms with Gasteiger partial charge in [-0.15, -0.1) is 0 Å². The first kappa shape index (κ1) is 13.3. The highest BCUT2D eigenvalue weighted by Crippen LogP contribution is 2.26. The normalized spacial score (nSPS) is 15.8. The van der Waals surface area contributed by atoms with E-state index >= 15 is 0 Å². The summed E-state index contributed by atoms with van der Waals surface area (Å²) in [5.41, 5.74) is 12.1. The first-order valence-electron chi connectivity index (χ1n) is 6.55. The predicted octanol–water partition coefficient (Wildman–Crippen LogP) is 4.37. The molecule has 0 saturated heterocycles. The van der Waals surface area contributed by atoms with E-state index < -0.39 is 0 Å². The highest BCUT2D eigenvalue weighted by atomic mass is 14.8. The molecule has 1 aromatic carbocycles. The molecule has 0 atom stereocenters. The summed E-state index contributed by atoms with van der Waals surface area (Å²) in [6.45, 7) is 8.01. The number of benzene rings is 1. The summed E-state index contributed by atoms with van der Waals surface area (Å²) in [6, 6.07) is 8.05. The predicted molar refractivity (Wildman–Crippen MR) is 83.5 cm³/mol. The Bertz CT molecular complexity index is 589. The van der Waals surface area contributed by atoms with Gasteiger partial charge >= 0.3 is 0 Å². The lowest BCUT2D eigenvalue weighted by atomic mass is 10.00. The molecule has 0 radical (unpaired) electrons. The lowest BCUT2D eigenvalue weighted by Crippen LogP contribution is -2.09. The van der Waals surface area contributed by atoms with Gasteiger partial charge < -0.3 is 5.73 Å². The van der Waals surface area contributed by atoms with Crippen LogP contribution in [-0.4, -0.2) is 5.71 Å². The smallest absolute Gasteiger partial charge is 0.0707 e. The van der Waals surface area contributed by atoms with Crippen molar-refractivity contribution in [1.82, 2.24) is 0 Å². The summed E-state index contributed by atoms with van der Waals surface area (Å²) in [5, 5.41) is 0. The molecule has 1 aromatic rings. The Labute approximate surface area is 115 Å². The van der Waals surface area contributed by atoms with Crippen LogP contribution < -0.4 is 5.73 Å². The molecule has 0 saturated carbocycles. The van der Waals surface area contributed by atoms with Crippen LogP contribution in [0, 0.1) is 0 Å². The van der Waals surface area contributed by atoms with Gasteiger partial charge in [-0.2, -0.15) is 0 Å². The average Bonchev–Trinajstić information content (AvgIpc) is 2.39. The number of para-hydroxylation sites is 1. The molecule has 2 N–H and O–H groups in total. The molecule has 0 heterocycles. The molecule has 0 spiro atoms. The van der Waals surface area contributed by atoms with E-state index in [1.54, 1.807) is 0 Å². The third kappa shape index (κ3) is 3.02. The maximum atomic E-state index is 6.06. The summed E-state index contributed by atoms with van der Waals surface area (Å²) >= 11 is 0. The molecule has 2 rings (SSSR count). The van der Waals surface area contributed by atoms with E-state index in [0.717, 1.165) is 46.6 Å². The molecular formula is C17H20N2. The Morgan fingerprint density at radius 2 is 2.00 bits per heavy atom. The minimum Gasteiger partial charge on any atom is -0.401 e. The maximum Gasteiger partial charge on any atom is 0.0707 e. The fourth-order valence-corrected chi connectivity index (χ4v) is 2.21. The maximum absolute atomic E-state index is 6.06. The van der Waals surface area contributed by atoms with E-state index in [2.05, 4.69) is 18.7 Å². The molecule has 2 heteroatoms. The van der Waals surface area contributed by atoms with Gasteiger partial charge in [0, 0.05) is 22.5 Å². The summed E-state index contributed by atoms with van der Waals surface area (Å²) in [6.07, 6.45) is 6.15. The van der Waals surface area contributed by atoms with Crippen LogP contribution in [0.15, 0.2) is 59.3 Å². The van der Waals surface area contributed by atoms with Gasteiger partial charge in [-0.25, -0.2) is 0 Å². The molecule has 98 valence electrons. The van der Waals surface area contributed by atoms with Crippen molar-refractivity contribution in [2.45, 2.75) is 26.7 Å². The van der Waals surface area contributed by atoms with Crippen molar-refractivity contribution in [3.8, 4) is 0 Å². The van der Waals surface area contributed by atoms with Gasteiger partial charge in [-0.1, -0.05) is 36.9 Å². The van der Waals surface area contributed by atoms with Crippen LogP contribution >= 0.6 is 0 Å². The van der Waals surface area contributed by atoms with Crippen LogP contribution in [0.4, 0.5) is 5.69 Å². The van der Waals surface area contributed by atoms with Crippen molar-refractivity contribution in [3.63, 3.8) is 0 Å². The first-order chi connectivity index (χ1) is 9.09. The fraction of sp³-hybridized carbons (Fsp3) is 0.235. The summed E-state index contributed by atoms with van der Waals surface area (Å²) < 4.78 is 0. The zero-order valence-electron chi connectivity index (χ0n) is 11.6. The first-order valence-corrected chi connectivity index (χ1v) is 6.55. The number of rotatable bonds is 3. The standard InChI is InChI=1S/C17H20N2/c1-12(2)14-8-5-7-11-17(14)19-13(3)15-9-4-6-10-16(15)18/h4-5,7-9,11H,1,6,10,18H2,2-3H3/b19-13+. The molecule has 19 heavy (non-hydrogen) atoms. The lowest BCUT2D eigenvalue weighted by Gasteiger charge is -2.13.